The zero-order valence-electron chi connectivity index (χ0n) is 11.5. The maximum atomic E-state index is 11.6. The van der Waals surface area contributed by atoms with Gasteiger partial charge in [0.25, 0.3) is 5.69 Å². The first-order valence-corrected chi connectivity index (χ1v) is 8.21. The van der Waals surface area contributed by atoms with Crippen LogP contribution in [0.2, 0.25) is 0 Å². The van der Waals surface area contributed by atoms with Gasteiger partial charge in [0.1, 0.15) is 5.82 Å². The minimum Gasteiger partial charge on any atom is -0.330 e. The summed E-state index contributed by atoms with van der Waals surface area (Å²) in [5, 5.41) is 10.6. The normalized spacial score (nSPS) is 11.5. The van der Waals surface area contributed by atoms with Gasteiger partial charge in [-0.2, -0.15) is 0 Å². The van der Waals surface area contributed by atoms with Crippen molar-refractivity contribution in [3.63, 3.8) is 0 Å². The molecule has 1 aromatic carbocycles. The van der Waals surface area contributed by atoms with Crippen molar-refractivity contribution in [2.24, 2.45) is 0 Å². The molecule has 1 aromatic heterocycles. The lowest BCUT2D eigenvalue weighted by Crippen LogP contribution is -2.14. The summed E-state index contributed by atoms with van der Waals surface area (Å²) in [7, 11) is -3.05. The third-order valence-corrected chi connectivity index (χ3v) is 4.82. The summed E-state index contributed by atoms with van der Waals surface area (Å²) in [4.78, 5) is 14.3. The van der Waals surface area contributed by atoms with Crippen LogP contribution in [0.4, 0.5) is 5.69 Å². The smallest absolute Gasteiger partial charge is 0.269 e. The molecule has 0 fully saturated rings. The fourth-order valence-electron chi connectivity index (χ4n) is 1.86. The van der Waals surface area contributed by atoms with Crippen LogP contribution in [0, 0.1) is 10.1 Å². The Hall–Kier alpha value is -2.22. The van der Waals surface area contributed by atoms with E-state index in [1.165, 1.54) is 12.1 Å². The number of nitrogens with zero attached hydrogens (tertiary/aromatic N) is 3. The highest BCUT2D eigenvalue weighted by molar-refractivity contribution is 7.91. The first-order valence-electron chi connectivity index (χ1n) is 6.39. The van der Waals surface area contributed by atoms with Crippen molar-refractivity contribution in [3.8, 4) is 11.4 Å². The Bertz CT molecular complexity index is 735. The summed E-state index contributed by atoms with van der Waals surface area (Å²) < 4.78 is 24.8. The van der Waals surface area contributed by atoms with Gasteiger partial charge in [-0.25, -0.2) is 13.4 Å². The molecule has 21 heavy (non-hydrogen) atoms. The largest absolute Gasteiger partial charge is 0.330 e. The van der Waals surface area contributed by atoms with E-state index in [-0.39, 0.29) is 17.2 Å². The number of benzene rings is 1. The molecule has 0 atom stereocenters. The lowest BCUT2D eigenvalue weighted by atomic mass is 10.2. The van der Waals surface area contributed by atoms with Crippen molar-refractivity contribution in [3.05, 3.63) is 46.8 Å². The fraction of sp³-hybridized carbons (Fsp3) is 0.308. The average molecular weight is 309 g/mol. The topological polar surface area (TPSA) is 95.1 Å². The van der Waals surface area contributed by atoms with Crippen LogP contribution in [0.1, 0.15) is 6.92 Å². The molecule has 0 aliphatic rings. The number of hydrogen-bond donors (Lipinski definition) is 0. The van der Waals surface area contributed by atoms with Crippen LogP contribution in [0.25, 0.3) is 11.4 Å². The van der Waals surface area contributed by atoms with Crippen LogP contribution in [0.15, 0.2) is 36.7 Å². The van der Waals surface area contributed by atoms with Crippen molar-refractivity contribution in [1.82, 2.24) is 9.55 Å². The minimum absolute atomic E-state index is 0.00502. The lowest BCUT2D eigenvalue weighted by molar-refractivity contribution is -0.384. The molecule has 0 unspecified atom stereocenters. The molecule has 0 radical (unpaired) electrons. The van der Waals surface area contributed by atoms with E-state index in [2.05, 4.69) is 4.98 Å². The van der Waals surface area contributed by atoms with Crippen molar-refractivity contribution in [2.45, 2.75) is 13.5 Å². The summed E-state index contributed by atoms with van der Waals surface area (Å²) in [5.41, 5.74) is 0.713. The number of imidazole rings is 1. The van der Waals surface area contributed by atoms with Crippen LogP contribution in [0.5, 0.6) is 0 Å². The summed E-state index contributed by atoms with van der Waals surface area (Å²) in [6.07, 6.45) is 3.28. The molecular weight excluding hydrogens is 294 g/mol. The van der Waals surface area contributed by atoms with Crippen molar-refractivity contribution in [1.29, 1.82) is 0 Å². The number of hydrogen-bond acceptors (Lipinski definition) is 5. The van der Waals surface area contributed by atoms with E-state index >= 15 is 0 Å². The second kappa shape index (κ2) is 6.04. The Morgan fingerprint density at radius 3 is 2.52 bits per heavy atom. The molecule has 0 aliphatic carbocycles. The first kappa shape index (κ1) is 15.2. The summed E-state index contributed by atoms with van der Waals surface area (Å²) in [5.74, 6) is 0.741. The molecule has 0 aliphatic heterocycles. The summed E-state index contributed by atoms with van der Waals surface area (Å²) in [6.45, 7) is 1.92. The van der Waals surface area contributed by atoms with Crippen LogP contribution in [-0.2, 0) is 16.4 Å². The second-order valence-corrected chi connectivity index (χ2v) is 6.96. The zero-order chi connectivity index (χ0) is 15.5. The van der Waals surface area contributed by atoms with Gasteiger partial charge in [-0.05, 0) is 12.1 Å². The van der Waals surface area contributed by atoms with Gasteiger partial charge >= 0.3 is 0 Å². The molecule has 0 saturated heterocycles. The summed E-state index contributed by atoms with van der Waals surface area (Å²) in [6, 6.07) is 6.00. The SMILES string of the molecule is CCS(=O)(=O)CCn1ccnc1-c1ccc([N+](=O)[O-])cc1. The van der Waals surface area contributed by atoms with E-state index < -0.39 is 14.8 Å². The number of sulfone groups is 1. The molecule has 2 aromatic rings. The zero-order valence-corrected chi connectivity index (χ0v) is 12.3. The van der Waals surface area contributed by atoms with Gasteiger partial charge in [0.2, 0.25) is 0 Å². The van der Waals surface area contributed by atoms with Crippen LogP contribution in [0.3, 0.4) is 0 Å². The predicted molar refractivity (Wildman–Crippen MR) is 78.6 cm³/mol. The third kappa shape index (κ3) is 3.66. The first-order chi connectivity index (χ1) is 9.93. The maximum absolute atomic E-state index is 11.6. The Labute approximate surface area is 122 Å². The Balaban J connectivity index is 2.22. The predicted octanol–water partition coefficient (Wildman–Crippen LogP) is 1.89. The van der Waals surface area contributed by atoms with Crippen LogP contribution >= 0.6 is 0 Å². The maximum Gasteiger partial charge on any atom is 0.269 e. The van der Waals surface area contributed by atoms with Crippen molar-refractivity contribution >= 4 is 15.5 Å². The molecule has 0 saturated carbocycles. The second-order valence-electron chi connectivity index (χ2n) is 4.48. The quantitative estimate of drug-likeness (QED) is 0.600. The average Bonchev–Trinajstić information content (AvgIpc) is 2.94. The molecule has 7 nitrogen and oxygen atoms in total. The highest BCUT2D eigenvalue weighted by Gasteiger charge is 2.12. The van der Waals surface area contributed by atoms with Gasteiger partial charge in [-0.15, -0.1) is 0 Å². The van der Waals surface area contributed by atoms with Crippen LogP contribution < -0.4 is 0 Å². The van der Waals surface area contributed by atoms with Crippen molar-refractivity contribution < 1.29 is 13.3 Å². The van der Waals surface area contributed by atoms with Gasteiger partial charge in [0, 0.05) is 42.4 Å². The molecule has 0 bridgehead atoms. The summed E-state index contributed by atoms with van der Waals surface area (Å²) >= 11 is 0. The Morgan fingerprint density at radius 1 is 1.29 bits per heavy atom. The van der Waals surface area contributed by atoms with Gasteiger partial charge in [-0.1, -0.05) is 6.92 Å². The molecule has 0 spiro atoms. The highest BCUT2D eigenvalue weighted by atomic mass is 32.2. The van der Waals surface area contributed by atoms with E-state index in [1.807, 2.05) is 0 Å². The van der Waals surface area contributed by atoms with E-state index in [0.29, 0.717) is 17.9 Å². The van der Waals surface area contributed by atoms with E-state index in [0.717, 1.165) is 0 Å². The highest BCUT2D eigenvalue weighted by Crippen LogP contribution is 2.21. The molecule has 112 valence electrons. The minimum atomic E-state index is -3.05. The fourth-order valence-corrected chi connectivity index (χ4v) is 2.63. The molecule has 8 heteroatoms. The molecule has 0 N–H and O–H groups in total. The van der Waals surface area contributed by atoms with E-state index in [9.17, 15) is 18.5 Å². The van der Waals surface area contributed by atoms with Gasteiger partial charge in [-0.3, -0.25) is 10.1 Å². The van der Waals surface area contributed by atoms with Gasteiger partial charge < -0.3 is 4.57 Å². The van der Waals surface area contributed by atoms with E-state index in [1.54, 1.807) is 36.0 Å². The van der Waals surface area contributed by atoms with Gasteiger partial charge in [0.05, 0.1) is 10.7 Å². The Morgan fingerprint density at radius 2 is 1.95 bits per heavy atom. The number of nitro groups is 1. The molecule has 1 heterocycles. The standard InChI is InChI=1S/C13H15N3O4S/c1-2-21(19,20)10-9-15-8-7-14-13(15)11-3-5-12(6-4-11)16(17)18/h3-8H,2,9-10H2,1H3. The number of nitro benzene ring substituents is 1. The van der Waals surface area contributed by atoms with E-state index in [4.69, 9.17) is 0 Å². The lowest BCUT2D eigenvalue weighted by Gasteiger charge is -2.07. The Kier molecular flexibility index (Phi) is 4.37. The molecule has 0 amide bonds. The number of aryl methyl sites for hydroxylation is 1. The van der Waals surface area contributed by atoms with Crippen LogP contribution in [-0.4, -0.2) is 34.4 Å². The number of aromatic nitrogens is 2. The number of non-ortho nitro benzene ring substituents is 1. The monoisotopic (exact) mass is 309 g/mol. The third-order valence-electron chi connectivity index (χ3n) is 3.13. The molecule has 2 rings (SSSR count). The number of rotatable bonds is 6. The van der Waals surface area contributed by atoms with Gasteiger partial charge in [0.15, 0.2) is 9.84 Å². The molecular formula is C13H15N3O4S. The van der Waals surface area contributed by atoms with Crippen molar-refractivity contribution in [2.75, 3.05) is 11.5 Å².